The summed E-state index contributed by atoms with van der Waals surface area (Å²) in [6, 6.07) is 4.57. The van der Waals surface area contributed by atoms with Gasteiger partial charge in [-0.15, -0.1) is 0 Å². The molecule has 94 valence electrons. The number of nitrogens with one attached hydrogen (secondary N) is 1. The van der Waals surface area contributed by atoms with Crippen LogP contribution in [-0.4, -0.2) is 12.1 Å². The summed E-state index contributed by atoms with van der Waals surface area (Å²) < 4.78 is 36.2. The Morgan fingerprint density at radius 2 is 2.06 bits per heavy atom. The van der Waals surface area contributed by atoms with Gasteiger partial charge in [-0.05, 0) is 34.1 Å². The molecule has 7 heteroatoms. The molecule has 17 heavy (non-hydrogen) atoms. The first kappa shape index (κ1) is 14.3. The second kappa shape index (κ2) is 5.73. The molecule has 0 fully saturated rings. The van der Waals surface area contributed by atoms with Crippen LogP contribution < -0.4 is 5.32 Å². The molecule has 0 saturated heterocycles. The fourth-order valence-corrected chi connectivity index (χ4v) is 1.55. The van der Waals surface area contributed by atoms with Gasteiger partial charge >= 0.3 is 6.18 Å². The molecule has 1 aromatic rings. The van der Waals surface area contributed by atoms with E-state index in [1.54, 1.807) is 0 Å². The maximum Gasteiger partial charge on any atom is 0.389 e. The molecule has 1 aromatic carbocycles. The van der Waals surface area contributed by atoms with E-state index in [2.05, 4.69) is 21.2 Å². The molecule has 1 rings (SSSR count). The van der Waals surface area contributed by atoms with Crippen molar-refractivity contribution in [3.63, 3.8) is 0 Å². The van der Waals surface area contributed by atoms with Gasteiger partial charge in [0, 0.05) is 16.6 Å². The molecule has 0 bridgehead atoms. The van der Waals surface area contributed by atoms with Gasteiger partial charge in [-0.3, -0.25) is 4.79 Å². The van der Waals surface area contributed by atoms with E-state index < -0.39 is 24.9 Å². The number of benzene rings is 1. The van der Waals surface area contributed by atoms with Gasteiger partial charge in [0.25, 0.3) is 0 Å². The molecule has 2 nitrogen and oxygen atoms in total. The van der Waals surface area contributed by atoms with Gasteiger partial charge in [0.05, 0.1) is 11.4 Å². The minimum atomic E-state index is -4.32. The number of rotatable bonds is 3. The Balaban J connectivity index is 2.54. The molecular formula is C10H8BrClF3NO. The zero-order valence-corrected chi connectivity index (χ0v) is 10.8. The van der Waals surface area contributed by atoms with Gasteiger partial charge in [-0.25, -0.2) is 0 Å². The summed E-state index contributed by atoms with van der Waals surface area (Å²) in [7, 11) is 0. The quantitative estimate of drug-likeness (QED) is 0.875. The van der Waals surface area contributed by atoms with Crippen LogP contribution in [0.5, 0.6) is 0 Å². The van der Waals surface area contributed by atoms with Crippen LogP contribution in [0.15, 0.2) is 22.7 Å². The predicted octanol–water partition coefficient (Wildman–Crippen LogP) is 4.38. The smallest absolute Gasteiger partial charge is 0.326 e. The zero-order chi connectivity index (χ0) is 13.1. The van der Waals surface area contributed by atoms with Crippen molar-refractivity contribution in [3.8, 4) is 0 Å². The summed E-state index contributed by atoms with van der Waals surface area (Å²) in [6.45, 7) is 0. The number of carbonyl (C=O) groups is 1. The van der Waals surface area contributed by atoms with E-state index in [0.29, 0.717) is 15.2 Å². The van der Waals surface area contributed by atoms with E-state index in [1.165, 1.54) is 18.2 Å². The van der Waals surface area contributed by atoms with Gasteiger partial charge in [-0.2, -0.15) is 13.2 Å². The Hall–Kier alpha value is -0.750. The van der Waals surface area contributed by atoms with Crippen molar-refractivity contribution in [2.24, 2.45) is 0 Å². The van der Waals surface area contributed by atoms with Gasteiger partial charge < -0.3 is 5.32 Å². The number of carbonyl (C=O) groups excluding carboxylic acids is 1. The molecule has 0 aliphatic rings. The monoisotopic (exact) mass is 329 g/mol. The fourth-order valence-electron chi connectivity index (χ4n) is 1.05. The van der Waals surface area contributed by atoms with Gasteiger partial charge in [-0.1, -0.05) is 11.6 Å². The summed E-state index contributed by atoms with van der Waals surface area (Å²) >= 11 is 8.87. The minimum Gasteiger partial charge on any atom is -0.326 e. The lowest BCUT2D eigenvalue weighted by atomic mass is 10.2. The number of halogens is 5. The third-order valence-electron chi connectivity index (χ3n) is 1.84. The second-order valence-corrected chi connectivity index (χ2v) is 4.55. The first-order valence-electron chi connectivity index (χ1n) is 4.59. The summed E-state index contributed by atoms with van der Waals surface area (Å²) in [5.74, 6) is -0.684. The van der Waals surface area contributed by atoms with Crippen molar-refractivity contribution in [1.82, 2.24) is 0 Å². The van der Waals surface area contributed by atoms with Gasteiger partial charge in [0.1, 0.15) is 0 Å². The molecule has 1 amide bonds. The van der Waals surface area contributed by atoms with Crippen LogP contribution >= 0.6 is 27.5 Å². The van der Waals surface area contributed by atoms with E-state index in [-0.39, 0.29) is 0 Å². The lowest BCUT2D eigenvalue weighted by Gasteiger charge is -2.08. The second-order valence-electron chi connectivity index (χ2n) is 3.29. The Bertz CT molecular complexity index is 423. The molecule has 0 unspecified atom stereocenters. The Morgan fingerprint density at radius 1 is 1.41 bits per heavy atom. The van der Waals surface area contributed by atoms with Gasteiger partial charge in [0.2, 0.25) is 5.91 Å². The molecule has 0 aromatic heterocycles. The first-order valence-corrected chi connectivity index (χ1v) is 5.77. The molecule has 0 aliphatic carbocycles. The number of alkyl halides is 3. The van der Waals surface area contributed by atoms with E-state index in [4.69, 9.17) is 11.6 Å². The van der Waals surface area contributed by atoms with E-state index in [1.807, 2.05) is 0 Å². The lowest BCUT2D eigenvalue weighted by molar-refractivity contribution is -0.142. The molecule has 0 radical (unpaired) electrons. The summed E-state index contributed by atoms with van der Waals surface area (Å²) in [5, 5.41) is 2.81. The van der Waals surface area contributed by atoms with Crippen molar-refractivity contribution < 1.29 is 18.0 Å². The van der Waals surface area contributed by atoms with Crippen LogP contribution in [0.2, 0.25) is 5.02 Å². The standard InChI is InChI=1S/C10H8BrClF3NO/c11-7-5-6(1-2-8(7)12)16-9(17)3-4-10(13,14)15/h1-2,5H,3-4H2,(H,16,17). The van der Waals surface area contributed by atoms with Crippen molar-refractivity contribution in [1.29, 1.82) is 0 Å². The Labute approximate surface area is 109 Å². The number of hydrogen-bond donors (Lipinski definition) is 1. The third kappa shape index (κ3) is 5.41. The number of anilines is 1. The lowest BCUT2D eigenvalue weighted by Crippen LogP contribution is -2.16. The van der Waals surface area contributed by atoms with Crippen LogP contribution in [0.1, 0.15) is 12.8 Å². The molecule has 0 aliphatic heterocycles. The van der Waals surface area contributed by atoms with Crippen molar-refractivity contribution in [2.45, 2.75) is 19.0 Å². The summed E-state index contributed by atoms with van der Waals surface area (Å²) in [5.41, 5.74) is 0.397. The van der Waals surface area contributed by atoms with E-state index in [0.717, 1.165) is 0 Å². The summed E-state index contributed by atoms with van der Waals surface area (Å²) in [4.78, 5) is 11.2. The van der Waals surface area contributed by atoms with Crippen molar-refractivity contribution in [2.75, 3.05) is 5.32 Å². The average molecular weight is 331 g/mol. The fraction of sp³-hybridized carbons (Fsp3) is 0.300. The minimum absolute atomic E-state index is 0.397. The van der Waals surface area contributed by atoms with Crippen LogP contribution in [-0.2, 0) is 4.79 Å². The van der Waals surface area contributed by atoms with Crippen LogP contribution in [0, 0.1) is 0 Å². The van der Waals surface area contributed by atoms with Crippen LogP contribution in [0.3, 0.4) is 0 Å². The van der Waals surface area contributed by atoms with Crippen molar-refractivity contribution >= 4 is 39.1 Å². The van der Waals surface area contributed by atoms with E-state index in [9.17, 15) is 18.0 Å². The van der Waals surface area contributed by atoms with Crippen molar-refractivity contribution in [3.05, 3.63) is 27.7 Å². The van der Waals surface area contributed by atoms with Crippen LogP contribution in [0.25, 0.3) is 0 Å². The predicted molar refractivity (Wildman–Crippen MR) is 63.1 cm³/mol. The molecule has 0 spiro atoms. The van der Waals surface area contributed by atoms with Gasteiger partial charge in [0.15, 0.2) is 0 Å². The first-order chi connectivity index (χ1) is 7.78. The number of hydrogen-bond acceptors (Lipinski definition) is 1. The highest BCUT2D eigenvalue weighted by Gasteiger charge is 2.27. The highest BCUT2D eigenvalue weighted by Crippen LogP contribution is 2.26. The SMILES string of the molecule is O=C(CCC(F)(F)F)Nc1ccc(Cl)c(Br)c1. The summed E-state index contributed by atoms with van der Waals surface area (Å²) in [6.07, 6.45) is -6.05. The molecular weight excluding hydrogens is 322 g/mol. The highest BCUT2D eigenvalue weighted by atomic mass is 79.9. The highest BCUT2D eigenvalue weighted by molar-refractivity contribution is 9.10. The number of amides is 1. The zero-order valence-electron chi connectivity index (χ0n) is 8.44. The maximum atomic E-state index is 11.9. The Morgan fingerprint density at radius 3 is 2.59 bits per heavy atom. The van der Waals surface area contributed by atoms with Crippen LogP contribution in [0.4, 0.5) is 18.9 Å². The molecule has 0 atom stereocenters. The molecule has 0 heterocycles. The average Bonchev–Trinajstić information content (AvgIpc) is 2.20. The largest absolute Gasteiger partial charge is 0.389 e. The molecule has 0 saturated carbocycles. The maximum absolute atomic E-state index is 11.9. The third-order valence-corrected chi connectivity index (χ3v) is 3.05. The molecule has 1 N–H and O–H groups in total. The topological polar surface area (TPSA) is 29.1 Å². The Kier molecular flexibility index (Phi) is 4.82. The van der Waals surface area contributed by atoms with E-state index >= 15 is 0 Å². The normalized spacial score (nSPS) is 11.4.